The molecule has 4 aromatic rings. The van der Waals surface area contributed by atoms with Crippen LogP contribution in [0.2, 0.25) is 5.02 Å². The number of phenols is 1. The van der Waals surface area contributed by atoms with Crippen molar-refractivity contribution in [1.82, 2.24) is 9.97 Å². The third-order valence-corrected chi connectivity index (χ3v) is 4.93. The summed E-state index contributed by atoms with van der Waals surface area (Å²) in [5, 5.41) is 15.7. The maximum absolute atomic E-state index is 11.0. The molecule has 0 fully saturated rings. The first-order valence-corrected chi connectivity index (χ1v) is 9.02. The van der Waals surface area contributed by atoms with Crippen molar-refractivity contribution in [3.8, 4) is 5.75 Å². The van der Waals surface area contributed by atoms with Crippen LogP contribution >= 0.6 is 11.6 Å². The minimum absolute atomic E-state index is 0.117. The van der Waals surface area contributed by atoms with Gasteiger partial charge in [0.05, 0.1) is 11.1 Å². The lowest BCUT2D eigenvalue weighted by atomic mass is 9.93. The summed E-state index contributed by atoms with van der Waals surface area (Å²) in [6.07, 6.45) is 3.38. The number of halogens is 1. The lowest BCUT2D eigenvalue weighted by Crippen LogP contribution is -2.15. The van der Waals surface area contributed by atoms with Gasteiger partial charge < -0.3 is 10.4 Å². The molecule has 1 unspecified atom stereocenters. The predicted octanol–water partition coefficient (Wildman–Crippen LogP) is 5.50. The Kier molecular flexibility index (Phi) is 4.65. The van der Waals surface area contributed by atoms with Crippen LogP contribution in [0, 0.1) is 6.92 Å². The summed E-state index contributed by atoms with van der Waals surface area (Å²) in [4.78, 5) is 8.70. The quantitative estimate of drug-likeness (QED) is 0.494. The highest BCUT2D eigenvalue weighted by molar-refractivity contribution is 6.35. The number of rotatable bonds is 4. The van der Waals surface area contributed by atoms with Gasteiger partial charge in [-0.3, -0.25) is 4.98 Å². The molecule has 0 bridgehead atoms. The van der Waals surface area contributed by atoms with Crippen LogP contribution in [0.15, 0.2) is 73.1 Å². The molecule has 2 N–H and O–H groups in total. The van der Waals surface area contributed by atoms with Gasteiger partial charge in [-0.2, -0.15) is 0 Å². The van der Waals surface area contributed by atoms with Crippen molar-refractivity contribution in [1.29, 1.82) is 0 Å². The SMILES string of the molecule is Cc1ccccc1C(Nc1ccccn1)c1cc(Cl)c2cccnc2c1O. The summed E-state index contributed by atoms with van der Waals surface area (Å²) in [7, 11) is 0. The van der Waals surface area contributed by atoms with Crippen molar-refractivity contribution < 1.29 is 5.11 Å². The average molecular weight is 376 g/mol. The fourth-order valence-electron chi connectivity index (χ4n) is 3.26. The van der Waals surface area contributed by atoms with Crippen LogP contribution in [0.5, 0.6) is 5.75 Å². The number of anilines is 1. The van der Waals surface area contributed by atoms with E-state index in [-0.39, 0.29) is 11.8 Å². The second kappa shape index (κ2) is 7.25. The fraction of sp³-hybridized carbons (Fsp3) is 0.0909. The molecule has 4 rings (SSSR count). The number of nitrogens with one attached hydrogen (secondary N) is 1. The zero-order valence-electron chi connectivity index (χ0n) is 14.7. The molecular formula is C22H18ClN3O. The van der Waals surface area contributed by atoms with Crippen molar-refractivity contribution in [2.24, 2.45) is 0 Å². The molecule has 2 heterocycles. The van der Waals surface area contributed by atoms with E-state index in [1.54, 1.807) is 24.5 Å². The van der Waals surface area contributed by atoms with E-state index in [1.165, 1.54) is 0 Å². The Morgan fingerprint density at radius 1 is 0.926 bits per heavy atom. The van der Waals surface area contributed by atoms with E-state index in [0.29, 0.717) is 21.9 Å². The predicted molar refractivity (Wildman–Crippen MR) is 109 cm³/mol. The van der Waals surface area contributed by atoms with Gasteiger partial charge in [0, 0.05) is 23.3 Å². The van der Waals surface area contributed by atoms with E-state index in [1.807, 2.05) is 55.5 Å². The highest BCUT2D eigenvalue weighted by atomic mass is 35.5. The van der Waals surface area contributed by atoms with Crippen LogP contribution in [-0.2, 0) is 0 Å². The molecule has 1 atom stereocenters. The highest BCUT2D eigenvalue weighted by Gasteiger charge is 2.23. The lowest BCUT2D eigenvalue weighted by molar-refractivity contribution is 0.471. The summed E-state index contributed by atoms with van der Waals surface area (Å²) in [6, 6.07) is 18.8. The molecule has 0 saturated heterocycles. The first-order valence-electron chi connectivity index (χ1n) is 8.64. The number of nitrogens with zero attached hydrogens (tertiary/aromatic N) is 2. The normalized spacial score (nSPS) is 12.1. The minimum Gasteiger partial charge on any atom is -0.505 e. The van der Waals surface area contributed by atoms with Crippen molar-refractivity contribution in [3.05, 3.63) is 94.8 Å². The van der Waals surface area contributed by atoms with E-state index in [4.69, 9.17) is 11.6 Å². The van der Waals surface area contributed by atoms with E-state index in [9.17, 15) is 5.11 Å². The van der Waals surface area contributed by atoms with Crippen LogP contribution in [0.4, 0.5) is 5.82 Å². The maximum atomic E-state index is 11.0. The molecule has 0 aliphatic carbocycles. The Morgan fingerprint density at radius 3 is 2.48 bits per heavy atom. The topological polar surface area (TPSA) is 58.0 Å². The molecule has 0 aliphatic rings. The second-order valence-electron chi connectivity index (χ2n) is 6.34. The molecule has 0 aliphatic heterocycles. The van der Waals surface area contributed by atoms with Gasteiger partial charge in [-0.05, 0) is 48.4 Å². The van der Waals surface area contributed by atoms with Crippen LogP contribution in [0.1, 0.15) is 22.7 Å². The van der Waals surface area contributed by atoms with E-state index >= 15 is 0 Å². The van der Waals surface area contributed by atoms with Crippen LogP contribution in [-0.4, -0.2) is 15.1 Å². The Balaban J connectivity index is 1.92. The maximum Gasteiger partial charge on any atom is 0.147 e. The number of aromatic hydroxyl groups is 1. The Labute approximate surface area is 162 Å². The van der Waals surface area contributed by atoms with E-state index in [0.717, 1.165) is 16.5 Å². The minimum atomic E-state index is -0.329. The van der Waals surface area contributed by atoms with Crippen molar-refractivity contribution in [3.63, 3.8) is 0 Å². The summed E-state index contributed by atoms with van der Waals surface area (Å²) < 4.78 is 0. The Hall–Kier alpha value is -3.11. The zero-order chi connectivity index (χ0) is 18.8. The first-order chi connectivity index (χ1) is 13.1. The lowest BCUT2D eigenvalue weighted by Gasteiger charge is -2.24. The summed E-state index contributed by atoms with van der Waals surface area (Å²) in [5.41, 5.74) is 3.28. The number of benzene rings is 2. The summed E-state index contributed by atoms with van der Waals surface area (Å²) in [6.45, 7) is 2.04. The molecule has 2 aromatic heterocycles. The standard InChI is InChI=1S/C22H18ClN3O/c1-14-7-2-3-8-15(14)20(26-19-10-4-5-11-24-19)17-13-18(23)16-9-6-12-25-21(16)22(17)27/h2-13,20,27H,1H3,(H,24,26). The zero-order valence-corrected chi connectivity index (χ0v) is 15.5. The number of aromatic nitrogens is 2. The average Bonchev–Trinajstić information content (AvgIpc) is 2.71. The molecule has 0 saturated carbocycles. The molecule has 2 aromatic carbocycles. The van der Waals surface area contributed by atoms with Gasteiger partial charge in [-0.25, -0.2) is 4.98 Å². The van der Waals surface area contributed by atoms with E-state index in [2.05, 4.69) is 15.3 Å². The fourth-order valence-corrected chi connectivity index (χ4v) is 3.53. The van der Waals surface area contributed by atoms with Gasteiger partial charge in [-0.1, -0.05) is 41.9 Å². The second-order valence-corrected chi connectivity index (χ2v) is 6.75. The number of hydrogen-bond donors (Lipinski definition) is 2. The number of hydrogen-bond acceptors (Lipinski definition) is 4. The van der Waals surface area contributed by atoms with Crippen LogP contribution in [0.3, 0.4) is 0 Å². The van der Waals surface area contributed by atoms with Crippen molar-refractivity contribution >= 4 is 28.3 Å². The smallest absolute Gasteiger partial charge is 0.147 e. The molecule has 0 spiro atoms. The van der Waals surface area contributed by atoms with Crippen LogP contribution in [0.25, 0.3) is 10.9 Å². The third kappa shape index (κ3) is 3.32. The highest BCUT2D eigenvalue weighted by Crippen LogP contribution is 2.40. The first kappa shape index (κ1) is 17.3. The summed E-state index contributed by atoms with van der Waals surface area (Å²) in [5.74, 6) is 0.828. The van der Waals surface area contributed by atoms with Gasteiger partial charge in [-0.15, -0.1) is 0 Å². The van der Waals surface area contributed by atoms with Crippen molar-refractivity contribution in [2.75, 3.05) is 5.32 Å². The number of phenolic OH excluding ortho intramolecular Hbond substituents is 1. The van der Waals surface area contributed by atoms with Gasteiger partial charge in [0.2, 0.25) is 0 Å². The van der Waals surface area contributed by atoms with E-state index < -0.39 is 0 Å². The molecule has 27 heavy (non-hydrogen) atoms. The molecule has 4 nitrogen and oxygen atoms in total. The number of fused-ring (bicyclic) bond motifs is 1. The molecular weight excluding hydrogens is 358 g/mol. The summed E-state index contributed by atoms with van der Waals surface area (Å²) >= 11 is 6.51. The van der Waals surface area contributed by atoms with Gasteiger partial charge in [0.25, 0.3) is 0 Å². The van der Waals surface area contributed by atoms with Crippen LogP contribution < -0.4 is 5.32 Å². The molecule has 134 valence electrons. The Morgan fingerprint density at radius 2 is 1.70 bits per heavy atom. The Bertz CT molecular complexity index is 1100. The van der Waals surface area contributed by atoms with Crippen molar-refractivity contribution in [2.45, 2.75) is 13.0 Å². The third-order valence-electron chi connectivity index (χ3n) is 4.61. The number of pyridine rings is 2. The largest absolute Gasteiger partial charge is 0.505 e. The molecule has 0 amide bonds. The molecule has 5 heteroatoms. The monoisotopic (exact) mass is 375 g/mol. The molecule has 0 radical (unpaired) electrons. The van der Waals surface area contributed by atoms with Gasteiger partial charge in [0.15, 0.2) is 0 Å². The van der Waals surface area contributed by atoms with Gasteiger partial charge >= 0.3 is 0 Å². The number of aryl methyl sites for hydroxylation is 1. The van der Waals surface area contributed by atoms with Gasteiger partial charge in [0.1, 0.15) is 17.1 Å².